The highest BCUT2D eigenvalue weighted by Gasteiger charge is 2.35. The average Bonchev–Trinajstić information content (AvgIpc) is 2.78. The van der Waals surface area contributed by atoms with Crippen LogP contribution in [0.25, 0.3) is 0 Å². The molecule has 0 aromatic heterocycles. The number of amides is 2. The van der Waals surface area contributed by atoms with Crippen LogP contribution in [0.3, 0.4) is 0 Å². The van der Waals surface area contributed by atoms with Crippen LogP contribution in [0.1, 0.15) is 46.5 Å². The summed E-state index contributed by atoms with van der Waals surface area (Å²) in [6.45, 7) is 7.32. The first-order chi connectivity index (χ1) is 9.49. The van der Waals surface area contributed by atoms with Crippen LogP contribution < -0.4 is 5.32 Å². The molecule has 2 N–H and O–H groups in total. The van der Waals surface area contributed by atoms with Gasteiger partial charge in [0.25, 0.3) is 0 Å². The molecule has 0 aromatic carbocycles. The Morgan fingerprint density at radius 2 is 2.15 bits per heavy atom. The molecule has 1 fully saturated rings. The lowest BCUT2D eigenvalue weighted by molar-refractivity contribution is -0.130. The number of hydrogen-bond acceptors (Lipinski definition) is 3. The number of carbonyl (C=O) groups is 2. The van der Waals surface area contributed by atoms with Crippen LogP contribution in [0.4, 0.5) is 0 Å². The van der Waals surface area contributed by atoms with Crippen LogP contribution in [0.5, 0.6) is 0 Å². The second kappa shape index (κ2) is 8.25. The number of nitrogens with zero attached hydrogens (tertiary/aromatic N) is 1. The Morgan fingerprint density at radius 3 is 2.65 bits per heavy atom. The third-order valence-electron chi connectivity index (χ3n) is 3.95. The quantitative estimate of drug-likeness (QED) is 0.702. The fourth-order valence-corrected chi connectivity index (χ4v) is 2.73. The Labute approximate surface area is 121 Å². The Bertz CT molecular complexity index is 325. The summed E-state index contributed by atoms with van der Waals surface area (Å²) in [6.07, 6.45) is 3.09. The molecule has 2 amide bonds. The average molecular weight is 284 g/mol. The third kappa shape index (κ3) is 4.78. The molecule has 0 saturated carbocycles. The Hall–Kier alpha value is -1.10. The number of aliphatic hydroxyl groups is 1. The molecule has 0 radical (unpaired) electrons. The van der Waals surface area contributed by atoms with Crippen molar-refractivity contribution in [3.63, 3.8) is 0 Å². The smallest absolute Gasteiger partial charge is 0.225 e. The highest BCUT2D eigenvalue weighted by molar-refractivity contribution is 5.89. The van der Waals surface area contributed by atoms with Gasteiger partial charge in [-0.1, -0.05) is 13.3 Å². The van der Waals surface area contributed by atoms with Crippen molar-refractivity contribution >= 4 is 11.8 Å². The van der Waals surface area contributed by atoms with E-state index in [0.29, 0.717) is 25.4 Å². The van der Waals surface area contributed by atoms with Crippen LogP contribution in [0, 0.1) is 11.8 Å². The second-order valence-electron chi connectivity index (χ2n) is 5.95. The minimum Gasteiger partial charge on any atom is -0.396 e. The van der Waals surface area contributed by atoms with Crippen LogP contribution in [-0.4, -0.2) is 47.6 Å². The van der Waals surface area contributed by atoms with E-state index in [1.54, 1.807) is 4.90 Å². The number of likely N-dealkylation sites (tertiary alicyclic amines) is 1. The molecular formula is C15H28N2O3. The van der Waals surface area contributed by atoms with E-state index in [4.69, 9.17) is 5.11 Å². The molecule has 2 atom stereocenters. The molecule has 2 unspecified atom stereocenters. The Kier molecular flexibility index (Phi) is 6.99. The van der Waals surface area contributed by atoms with Gasteiger partial charge in [0.05, 0.1) is 5.92 Å². The fourth-order valence-electron chi connectivity index (χ4n) is 2.73. The minimum absolute atomic E-state index is 0.0273. The maximum absolute atomic E-state index is 12.1. The molecular weight excluding hydrogens is 256 g/mol. The van der Waals surface area contributed by atoms with Crippen LogP contribution in [-0.2, 0) is 9.59 Å². The van der Waals surface area contributed by atoms with Crippen LogP contribution in [0.15, 0.2) is 0 Å². The minimum atomic E-state index is -0.221. The molecule has 0 aliphatic carbocycles. The van der Waals surface area contributed by atoms with Gasteiger partial charge in [0.1, 0.15) is 0 Å². The van der Waals surface area contributed by atoms with Crippen molar-refractivity contribution in [1.82, 2.24) is 10.2 Å². The van der Waals surface area contributed by atoms with E-state index >= 15 is 0 Å². The number of rotatable bonds is 8. The predicted octanol–water partition coefficient (Wildman–Crippen LogP) is 1.16. The van der Waals surface area contributed by atoms with E-state index < -0.39 is 0 Å². The van der Waals surface area contributed by atoms with Gasteiger partial charge in [-0.05, 0) is 32.6 Å². The highest BCUT2D eigenvalue weighted by atomic mass is 16.3. The molecule has 1 saturated heterocycles. The van der Waals surface area contributed by atoms with E-state index in [2.05, 4.69) is 12.2 Å². The van der Waals surface area contributed by atoms with Crippen molar-refractivity contribution in [3.05, 3.63) is 0 Å². The van der Waals surface area contributed by atoms with Crippen molar-refractivity contribution < 1.29 is 14.7 Å². The number of hydrogen-bond donors (Lipinski definition) is 2. The van der Waals surface area contributed by atoms with Gasteiger partial charge in [-0.2, -0.15) is 0 Å². The van der Waals surface area contributed by atoms with Crippen molar-refractivity contribution in [3.8, 4) is 0 Å². The van der Waals surface area contributed by atoms with Gasteiger partial charge in [0, 0.05) is 32.2 Å². The first-order valence-electron chi connectivity index (χ1n) is 7.67. The predicted molar refractivity (Wildman–Crippen MR) is 78.1 cm³/mol. The van der Waals surface area contributed by atoms with Gasteiger partial charge in [-0.25, -0.2) is 0 Å². The number of aliphatic hydroxyl groups excluding tert-OH is 1. The summed E-state index contributed by atoms with van der Waals surface area (Å²) in [5, 5.41) is 12.0. The molecule has 116 valence electrons. The van der Waals surface area contributed by atoms with Gasteiger partial charge in [-0.15, -0.1) is 0 Å². The lowest BCUT2D eigenvalue weighted by atomic mass is 9.99. The molecule has 0 spiro atoms. The molecule has 5 nitrogen and oxygen atoms in total. The van der Waals surface area contributed by atoms with Gasteiger partial charge in [0.15, 0.2) is 0 Å². The number of nitrogens with one attached hydrogen (secondary N) is 1. The molecule has 1 aliphatic rings. The lowest BCUT2D eigenvalue weighted by Crippen LogP contribution is -2.37. The molecule has 1 aliphatic heterocycles. The summed E-state index contributed by atoms with van der Waals surface area (Å²) in [5.74, 6) is 0.148. The first-order valence-corrected chi connectivity index (χ1v) is 7.67. The van der Waals surface area contributed by atoms with Crippen LogP contribution in [0.2, 0.25) is 0 Å². The van der Waals surface area contributed by atoms with Crippen molar-refractivity contribution in [1.29, 1.82) is 0 Å². The van der Waals surface area contributed by atoms with Gasteiger partial charge in [-0.3, -0.25) is 9.59 Å². The summed E-state index contributed by atoms with van der Waals surface area (Å²) in [4.78, 5) is 25.7. The maximum atomic E-state index is 12.1. The summed E-state index contributed by atoms with van der Waals surface area (Å²) >= 11 is 0. The largest absolute Gasteiger partial charge is 0.396 e. The Morgan fingerprint density at radius 1 is 1.45 bits per heavy atom. The van der Waals surface area contributed by atoms with Gasteiger partial charge in [0.2, 0.25) is 11.8 Å². The topological polar surface area (TPSA) is 69.6 Å². The van der Waals surface area contributed by atoms with Gasteiger partial charge >= 0.3 is 0 Å². The zero-order valence-electron chi connectivity index (χ0n) is 12.9. The zero-order valence-corrected chi connectivity index (χ0v) is 12.9. The van der Waals surface area contributed by atoms with E-state index in [0.717, 1.165) is 19.3 Å². The standard InChI is InChI=1S/C15H28N2O3/c1-4-5-12(6-7-18)9-16-15(20)13-8-14(19)17(10-13)11(2)3/h11-13,18H,4-10H2,1-3H3,(H,16,20). The molecule has 0 bridgehead atoms. The second-order valence-corrected chi connectivity index (χ2v) is 5.95. The molecule has 1 rings (SSSR count). The SMILES string of the molecule is CCCC(CCO)CNC(=O)C1CC(=O)N(C(C)C)C1. The molecule has 1 heterocycles. The van der Waals surface area contributed by atoms with E-state index in [1.165, 1.54) is 0 Å². The monoisotopic (exact) mass is 284 g/mol. The van der Waals surface area contributed by atoms with E-state index in [-0.39, 0.29) is 30.4 Å². The first kappa shape index (κ1) is 17.0. The lowest BCUT2D eigenvalue weighted by Gasteiger charge is -2.21. The fraction of sp³-hybridized carbons (Fsp3) is 0.867. The number of carbonyl (C=O) groups excluding carboxylic acids is 2. The summed E-state index contributed by atoms with van der Waals surface area (Å²) in [5.41, 5.74) is 0. The normalized spacial score (nSPS) is 20.6. The van der Waals surface area contributed by atoms with E-state index in [9.17, 15) is 9.59 Å². The van der Waals surface area contributed by atoms with Gasteiger partial charge < -0.3 is 15.3 Å². The van der Waals surface area contributed by atoms with Crippen LogP contribution >= 0.6 is 0 Å². The maximum Gasteiger partial charge on any atom is 0.225 e. The Balaban J connectivity index is 2.41. The van der Waals surface area contributed by atoms with Crippen molar-refractivity contribution in [2.75, 3.05) is 19.7 Å². The third-order valence-corrected chi connectivity index (χ3v) is 3.95. The molecule has 5 heteroatoms. The van der Waals surface area contributed by atoms with Crippen molar-refractivity contribution in [2.45, 2.75) is 52.5 Å². The summed E-state index contributed by atoms with van der Waals surface area (Å²) < 4.78 is 0. The van der Waals surface area contributed by atoms with E-state index in [1.807, 2.05) is 13.8 Å². The summed E-state index contributed by atoms with van der Waals surface area (Å²) in [7, 11) is 0. The highest BCUT2D eigenvalue weighted by Crippen LogP contribution is 2.20. The summed E-state index contributed by atoms with van der Waals surface area (Å²) in [6, 6.07) is 0.155. The molecule has 0 aromatic rings. The molecule has 20 heavy (non-hydrogen) atoms. The zero-order chi connectivity index (χ0) is 15.1. The van der Waals surface area contributed by atoms with Crippen molar-refractivity contribution in [2.24, 2.45) is 11.8 Å².